The molecule has 2 aromatic rings. The van der Waals surface area contributed by atoms with E-state index in [1.54, 1.807) is 18.2 Å². The molecule has 0 amide bonds. The van der Waals surface area contributed by atoms with Crippen LogP contribution >= 0.6 is 15.9 Å². The topological polar surface area (TPSA) is 51.8 Å². The van der Waals surface area contributed by atoms with Crippen LogP contribution < -0.4 is 5.73 Å². The van der Waals surface area contributed by atoms with Gasteiger partial charge in [-0.1, -0.05) is 13.0 Å². The van der Waals surface area contributed by atoms with E-state index in [0.29, 0.717) is 28.0 Å². The molecule has 5 heteroatoms. The second-order valence-electron chi connectivity index (χ2n) is 3.54. The molecule has 2 rings (SSSR count). The van der Waals surface area contributed by atoms with E-state index >= 15 is 0 Å². The van der Waals surface area contributed by atoms with Crippen LogP contribution in [0.5, 0.6) is 0 Å². The van der Waals surface area contributed by atoms with Crippen molar-refractivity contribution >= 4 is 21.7 Å². The van der Waals surface area contributed by atoms with Crippen LogP contribution in [0.4, 0.5) is 10.2 Å². The number of hydrogen-bond donors (Lipinski definition) is 1. The van der Waals surface area contributed by atoms with E-state index in [9.17, 15) is 4.39 Å². The zero-order valence-electron chi connectivity index (χ0n) is 9.24. The SMILES string of the molecule is CCc1c(N)ncnc1-c1cccc(Br)c1F. The van der Waals surface area contributed by atoms with E-state index < -0.39 is 0 Å². The first-order chi connectivity index (χ1) is 8.15. The van der Waals surface area contributed by atoms with Gasteiger partial charge < -0.3 is 5.73 Å². The lowest BCUT2D eigenvalue weighted by Gasteiger charge is -2.10. The molecule has 1 heterocycles. The molecular formula is C12H11BrFN3. The van der Waals surface area contributed by atoms with Crippen molar-refractivity contribution in [3.05, 3.63) is 40.4 Å². The number of nitrogen functional groups attached to an aromatic ring is 1. The average Bonchev–Trinajstić information content (AvgIpc) is 2.32. The highest BCUT2D eigenvalue weighted by Crippen LogP contribution is 2.30. The fourth-order valence-electron chi connectivity index (χ4n) is 1.69. The predicted molar refractivity (Wildman–Crippen MR) is 68.9 cm³/mol. The predicted octanol–water partition coefficient (Wildman–Crippen LogP) is 3.19. The third-order valence-electron chi connectivity index (χ3n) is 2.54. The Hall–Kier alpha value is -1.49. The molecule has 0 unspecified atom stereocenters. The van der Waals surface area contributed by atoms with Crippen molar-refractivity contribution in [1.82, 2.24) is 9.97 Å². The van der Waals surface area contributed by atoms with E-state index in [2.05, 4.69) is 25.9 Å². The maximum atomic E-state index is 14.0. The monoisotopic (exact) mass is 295 g/mol. The molecule has 1 aromatic carbocycles. The van der Waals surface area contributed by atoms with E-state index in [1.807, 2.05) is 6.92 Å². The van der Waals surface area contributed by atoms with Gasteiger partial charge in [0.05, 0.1) is 10.2 Å². The molecule has 1 aromatic heterocycles. The summed E-state index contributed by atoms with van der Waals surface area (Å²) in [5.41, 5.74) is 7.53. The van der Waals surface area contributed by atoms with Crippen LogP contribution in [-0.4, -0.2) is 9.97 Å². The first-order valence-corrected chi connectivity index (χ1v) is 5.98. The van der Waals surface area contributed by atoms with Gasteiger partial charge in [0.2, 0.25) is 0 Å². The smallest absolute Gasteiger partial charge is 0.146 e. The van der Waals surface area contributed by atoms with Gasteiger partial charge in [0.25, 0.3) is 0 Å². The van der Waals surface area contributed by atoms with Gasteiger partial charge in [0.1, 0.15) is 18.0 Å². The molecular weight excluding hydrogens is 285 g/mol. The zero-order valence-corrected chi connectivity index (χ0v) is 10.8. The molecule has 0 bridgehead atoms. The highest BCUT2D eigenvalue weighted by Gasteiger charge is 2.14. The molecule has 0 atom stereocenters. The van der Waals surface area contributed by atoms with Gasteiger partial charge in [-0.15, -0.1) is 0 Å². The number of hydrogen-bond acceptors (Lipinski definition) is 3. The van der Waals surface area contributed by atoms with Gasteiger partial charge in [-0.3, -0.25) is 0 Å². The van der Waals surface area contributed by atoms with E-state index in [4.69, 9.17) is 5.73 Å². The molecule has 88 valence electrons. The molecule has 0 saturated heterocycles. The number of halogens is 2. The van der Waals surface area contributed by atoms with Gasteiger partial charge in [0, 0.05) is 11.1 Å². The summed E-state index contributed by atoms with van der Waals surface area (Å²) >= 11 is 3.16. The molecule has 2 N–H and O–H groups in total. The largest absolute Gasteiger partial charge is 0.383 e. The average molecular weight is 296 g/mol. The fourth-order valence-corrected chi connectivity index (χ4v) is 2.06. The van der Waals surface area contributed by atoms with Crippen molar-refractivity contribution in [1.29, 1.82) is 0 Å². The van der Waals surface area contributed by atoms with Gasteiger partial charge in [-0.25, -0.2) is 14.4 Å². The molecule has 0 aliphatic carbocycles. The number of benzene rings is 1. The van der Waals surface area contributed by atoms with E-state index in [1.165, 1.54) is 6.33 Å². The molecule has 0 radical (unpaired) electrons. The van der Waals surface area contributed by atoms with Crippen molar-refractivity contribution in [2.45, 2.75) is 13.3 Å². The summed E-state index contributed by atoms with van der Waals surface area (Å²) in [6.07, 6.45) is 2.01. The third-order valence-corrected chi connectivity index (χ3v) is 3.15. The number of aromatic nitrogens is 2. The summed E-state index contributed by atoms with van der Waals surface area (Å²) in [4.78, 5) is 8.05. The Balaban J connectivity index is 2.68. The first kappa shape index (κ1) is 12.0. The molecule has 0 spiro atoms. The second-order valence-corrected chi connectivity index (χ2v) is 4.40. The minimum Gasteiger partial charge on any atom is -0.383 e. The van der Waals surface area contributed by atoms with E-state index in [0.717, 1.165) is 5.56 Å². The summed E-state index contributed by atoms with van der Waals surface area (Å²) in [5.74, 6) is 0.0668. The summed E-state index contributed by atoms with van der Waals surface area (Å²) in [5, 5.41) is 0. The van der Waals surface area contributed by atoms with Crippen molar-refractivity contribution in [2.24, 2.45) is 0 Å². The summed E-state index contributed by atoms with van der Waals surface area (Å²) < 4.78 is 14.4. The lowest BCUT2D eigenvalue weighted by atomic mass is 10.0. The molecule has 0 saturated carbocycles. The molecule has 17 heavy (non-hydrogen) atoms. The quantitative estimate of drug-likeness (QED) is 0.926. The minimum atomic E-state index is -0.333. The van der Waals surface area contributed by atoms with Crippen LogP contribution in [0.25, 0.3) is 11.3 Å². The molecule has 0 aliphatic rings. The van der Waals surface area contributed by atoms with Gasteiger partial charge in [0.15, 0.2) is 0 Å². The van der Waals surface area contributed by atoms with Crippen molar-refractivity contribution in [3.63, 3.8) is 0 Å². The van der Waals surface area contributed by atoms with Crippen LogP contribution in [0.1, 0.15) is 12.5 Å². The Morgan fingerprint density at radius 1 is 1.35 bits per heavy atom. The summed E-state index contributed by atoms with van der Waals surface area (Å²) in [6.45, 7) is 1.94. The zero-order chi connectivity index (χ0) is 12.4. The Kier molecular flexibility index (Phi) is 3.38. The Morgan fingerprint density at radius 2 is 2.12 bits per heavy atom. The lowest BCUT2D eigenvalue weighted by molar-refractivity contribution is 0.624. The van der Waals surface area contributed by atoms with Crippen molar-refractivity contribution < 1.29 is 4.39 Å². The van der Waals surface area contributed by atoms with Gasteiger partial charge in [-0.2, -0.15) is 0 Å². The summed E-state index contributed by atoms with van der Waals surface area (Å²) in [6, 6.07) is 5.09. The first-order valence-electron chi connectivity index (χ1n) is 5.18. The highest BCUT2D eigenvalue weighted by molar-refractivity contribution is 9.10. The van der Waals surface area contributed by atoms with Crippen LogP contribution in [0, 0.1) is 5.82 Å². The van der Waals surface area contributed by atoms with E-state index in [-0.39, 0.29) is 5.82 Å². The standard InChI is InChI=1S/C12H11BrFN3/c1-2-7-11(16-6-17-12(7)15)8-4-3-5-9(13)10(8)14/h3-6H,2H2,1H3,(H2,15,16,17). The maximum absolute atomic E-state index is 14.0. The minimum absolute atomic E-state index is 0.333. The number of anilines is 1. The summed E-state index contributed by atoms with van der Waals surface area (Å²) in [7, 11) is 0. The van der Waals surface area contributed by atoms with Gasteiger partial charge >= 0.3 is 0 Å². The van der Waals surface area contributed by atoms with Crippen LogP contribution in [-0.2, 0) is 6.42 Å². The maximum Gasteiger partial charge on any atom is 0.146 e. The number of nitrogens with two attached hydrogens (primary N) is 1. The highest BCUT2D eigenvalue weighted by atomic mass is 79.9. The van der Waals surface area contributed by atoms with Crippen LogP contribution in [0.15, 0.2) is 29.0 Å². The molecule has 0 aliphatic heterocycles. The Morgan fingerprint density at radius 3 is 2.82 bits per heavy atom. The Bertz CT molecular complexity index is 557. The number of nitrogens with zero attached hydrogens (tertiary/aromatic N) is 2. The second kappa shape index (κ2) is 4.79. The van der Waals surface area contributed by atoms with Crippen LogP contribution in [0.2, 0.25) is 0 Å². The molecule has 0 fully saturated rings. The fraction of sp³-hybridized carbons (Fsp3) is 0.167. The lowest BCUT2D eigenvalue weighted by Crippen LogP contribution is -2.02. The molecule has 3 nitrogen and oxygen atoms in total. The van der Waals surface area contributed by atoms with Crippen molar-refractivity contribution in [3.8, 4) is 11.3 Å². The van der Waals surface area contributed by atoms with Gasteiger partial charge in [-0.05, 0) is 34.5 Å². The Labute approximate surface area is 107 Å². The normalized spacial score (nSPS) is 10.5. The number of rotatable bonds is 2. The third kappa shape index (κ3) is 2.15. The van der Waals surface area contributed by atoms with Crippen LogP contribution in [0.3, 0.4) is 0 Å². The van der Waals surface area contributed by atoms with Crippen molar-refractivity contribution in [2.75, 3.05) is 5.73 Å².